The van der Waals surface area contributed by atoms with Gasteiger partial charge in [-0.05, 0) is 26.3 Å². The van der Waals surface area contributed by atoms with Gasteiger partial charge in [-0.2, -0.15) is 0 Å². The quantitative estimate of drug-likeness (QED) is 0.687. The number of carbonyl (C=O) groups excluding carboxylic acids is 1. The van der Waals surface area contributed by atoms with E-state index in [1.165, 1.54) is 7.11 Å². The topological polar surface area (TPSA) is 58.6 Å². The Kier molecular flexibility index (Phi) is 6.96. The smallest absolute Gasteiger partial charge is 0.325 e. The van der Waals surface area contributed by atoms with E-state index in [4.69, 9.17) is 4.74 Å². The van der Waals surface area contributed by atoms with Crippen LogP contribution in [-0.2, 0) is 20.3 Å². The summed E-state index contributed by atoms with van der Waals surface area (Å²) in [4.78, 5) is 14.2. The van der Waals surface area contributed by atoms with Crippen LogP contribution in [0.15, 0.2) is 0 Å². The van der Waals surface area contributed by atoms with Gasteiger partial charge in [0.25, 0.3) is 0 Å². The fraction of sp³-hybridized carbons (Fsp3) is 0.923. The van der Waals surface area contributed by atoms with Gasteiger partial charge in [0.05, 0.1) is 7.11 Å². The molecule has 0 spiro atoms. The maximum absolute atomic E-state index is 11.9. The standard InChI is InChI=1S/C13H26N2O3S/c1-4-6-14-13(2,12(16)18-3)5-7-15-8-10-19(17)11-9-15/h14H,4-11H2,1-3H3. The van der Waals surface area contributed by atoms with Gasteiger partial charge < -0.3 is 15.0 Å². The van der Waals surface area contributed by atoms with E-state index in [9.17, 15) is 9.00 Å². The number of ether oxygens (including phenoxy) is 1. The average molecular weight is 290 g/mol. The molecule has 1 rings (SSSR count). The second-order valence-electron chi connectivity index (χ2n) is 5.19. The average Bonchev–Trinajstić information content (AvgIpc) is 2.43. The first-order valence-corrected chi connectivity index (χ1v) is 8.41. The van der Waals surface area contributed by atoms with Crippen molar-refractivity contribution in [2.24, 2.45) is 0 Å². The van der Waals surface area contributed by atoms with Crippen LogP contribution in [0.1, 0.15) is 26.7 Å². The minimum Gasteiger partial charge on any atom is -0.468 e. The Bertz CT molecular complexity index is 315. The Morgan fingerprint density at radius 3 is 2.58 bits per heavy atom. The predicted molar refractivity (Wildman–Crippen MR) is 77.6 cm³/mol. The van der Waals surface area contributed by atoms with Crippen LogP contribution in [0.3, 0.4) is 0 Å². The van der Waals surface area contributed by atoms with E-state index in [1.807, 2.05) is 6.92 Å². The van der Waals surface area contributed by atoms with Crippen LogP contribution >= 0.6 is 0 Å². The lowest BCUT2D eigenvalue weighted by molar-refractivity contribution is -0.148. The summed E-state index contributed by atoms with van der Waals surface area (Å²) in [6.07, 6.45) is 1.70. The Morgan fingerprint density at radius 1 is 1.42 bits per heavy atom. The molecule has 0 saturated carbocycles. The van der Waals surface area contributed by atoms with Crippen LogP contribution in [-0.4, -0.2) is 65.4 Å². The second-order valence-corrected chi connectivity index (χ2v) is 6.89. The second kappa shape index (κ2) is 7.97. The molecule has 6 heteroatoms. The van der Waals surface area contributed by atoms with Crippen LogP contribution in [0.4, 0.5) is 0 Å². The van der Waals surface area contributed by atoms with Gasteiger partial charge in [0.2, 0.25) is 0 Å². The van der Waals surface area contributed by atoms with E-state index in [0.29, 0.717) is 6.42 Å². The van der Waals surface area contributed by atoms with Crippen molar-refractivity contribution < 1.29 is 13.7 Å². The number of nitrogens with zero attached hydrogens (tertiary/aromatic N) is 1. The van der Waals surface area contributed by atoms with Crippen LogP contribution in [0.5, 0.6) is 0 Å². The zero-order valence-corrected chi connectivity index (χ0v) is 13.1. The number of nitrogens with one attached hydrogen (secondary N) is 1. The molecule has 19 heavy (non-hydrogen) atoms. The molecule has 1 aliphatic rings. The van der Waals surface area contributed by atoms with Crippen molar-refractivity contribution in [1.82, 2.24) is 10.2 Å². The minimum absolute atomic E-state index is 0.207. The first-order valence-electron chi connectivity index (χ1n) is 6.92. The highest BCUT2D eigenvalue weighted by Crippen LogP contribution is 2.14. The highest BCUT2D eigenvalue weighted by atomic mass is 32.2. The van der Waals surface area contributed by atoms with E-state index < -0.39 is 16.3 Å². The van der Waals surface area contributed by atoms with Crippen LogP contribution < -0.4 is 5.32 Å². The van der Waals surface area contributed by atoms with Gasteiger partial charge in [-0.15, -0.1) is 0 Å². The van der Waals surface area contributed by atoms with Crippen LogP contribution in [0.25, 0.3) is 0 Å². The molecule has 0 radical (unpaired) electrons. The number of esters is 1. The molecule has 1 saturated heterocycles. The number of rotatable bonds is 7. The molecule has 1 unspecified atom stereocenters. The molecule has 0 aromatic carbocycles. The van der Waals surface area contributed by atoms with E-state index in [1.54, 1.807) is 0 Å². The molecular weight excluding hydrogens is 264 g/mol. The Balaban J connectivity index is 2.48. The van der Waals surface area contributed by atoms with E-state index in [-0.39, 0.29) is 5.97 Å². The summed E-state index contributed by atoms with van der Waals surface area (Å²) >= 11 is 0. The molecule has 0 bridgehead atoms. The third-order valence-electron chi connectivity index (χ3n) is 3.60. The molecule has 0 aromatic rings. The van der Waals surface area contributed by atoms with E-state index >= 15 is 0 Å². The summed E-state index contributed by atoms with van der Waals surface area (Å²) in [5, 5.41) is 3.28. The third-order valence-corrected chi connectivity index (χ3v) is 4.88. The van der Waals surface area contributed by atoms with Crippen molar-refractivity contribution in [3.05, 3.63) is 0 Å². The number of hydrogen-bond donors (Lipinski definition) is 1. The maximum atomic E-state index is 11.9. The highest BCUT2D eigenvalue weighted by Gasteiger charge is 2.34. The summed E-state index contributed by atoms with van der Waals surface area (Å²) in [7, 11) is 0.779. The molecule has 1 fully saturated rings. The SMILES string of the molecule is CCCNC(C)(CCN1CCS(=O)CC1)C(=O)OC. The molecule has 0 amide bonds. The zero-order chi connectivity index (χ0) is 14.3. The number of carbonyl (C=O) groups is 1. The molecule has 112 valence electrons. The summed E-state index contributed by atoms with van der Waals surface area (Å²) in [5.41, 5.74) is -0.624. The van der Waals surface area contributed by atoms with Gasteiger partial charge in [-0.3, -0.25) is 9.00 Å². The monoisotopic (exact) mass is 290 g/mol. The van der Waals surface area contributed by atoms with Crippen molar-refractivity contribution >= 4 is 16.8 Å². The van der Waals surface area contributed by atoms with Crippen molar-refractivity contribution in [2.75, 3.05) is 44.8 Å². The Morgan fingerprint density at radius 2 is 2.05 bits per heavy atom. The van der Waals surface area contributed by atoms with E-state index in [2.05, 4.69) is 17.1 Å². The van der Waals surface area contributed by atoms with E-state index in [0.717, 1.165) is 44.1 Å². The van der Waals surface area contributed by atoms with Gasteiger partial charge in [0, 0.05) is 41.9 Å². The molecule has 5 nitrogen and oxygen atoms in total. The lowest BCUT2D eigenvalue weighted by Gasteiger charge is -2.32. The van der Waals surface area contributed by atoms with Crippen molar-refractivity contribution in [3.8, 4) is 0 Å². The molecule has 1 aliphatic heterocycles. The van der Waals surface area contributed by atoms with Gasteiger partial charge >= 0.3 is 5.97 Å². The first kappa shape index (κ1) is 16.6. The first-order chi connectivity index (χ1) is 9.01. The largest absolute Gasteiger partial charge is 0.468 e. The minimum atomic E-state index is -0.650. The number of hydrogen-bond acceptors (Lipinski definition) is 5. The fourth-order valence-corrected chi connectivity index (χ4v) is 3.30. The van der Waals surface area contributed by atoms with Gasteiger partial charge in [0.1, 0.15) is 5.54 Å². The van der Waals surface area contributed by atoms with Gasteiger partial charge in [-0.1, -0.05) is 6.92 Å². The zero-order valence-electron chi connectivity index (χ0n) is 12.2. The molecular formula is C13H26N2O3S. The van der Waals surface area contributed by atoms with Crippen LogP contribution in [0, 0.1) is 0 Å². The lowest BCUT2D eigenvalue weighted by atomic mass is 9.97. The Labute approximate surface area is 118 Å². The summed E-state index contributed by atoms with van der Waals surface area (Å²) in [6, 6.07) is 0. The predicted octanol–water partition coefficient (Wildman–Crippen LogP) is 0.372. The molecule has 1 N–H and O–H groups in total. The van der Waals surface area contributed by atoms with Crippen molar-refractivity contribution in [2.45, 2.75) is 32.2 Å². The number of methoxy groups -OCH3 is 1. The van der Waals surface area contributed by atoms with Crippen LogP contribution in [0.2, 0.25) is 0 Å². The maximum Gasteiger partial charge on any atom is 0.325 e. The molecule has 1 heterocycles. The fourth-order valence-electron chi connectivity index (χ4n) is 2.17. The van der Waals surface area contributed by atoms with Gasteiger partial charge in [-0.25, -0.2) is 0 Å². The van der Waals surface area contributed by atoms with Gasteiger partial charge in [0.15, 0.2) is 0 Å². The van der Waals surface area contributed by atoms with Crippen molar-refractivity contribution in [3.63, 3.8) is 0 Å². The normalized spacial score (nSPS) is 21.0. The summed E-state index contributed by atoms with van der Waals surface area (Å²) in [6.45, 7) is 7.33. The summed E-state index contributed by atoms with van der Waals surface area (Å²) < 4.78 is 16.2. The molecule has 0 aliphatic carbocycles. The molecule has 1 atom stereocenters. The summed E-state index contributed by atoms with van der Waals surface area (Å²) in [5.74, 6) is 1.29. The lowest BCUT2D eigenvalue weighted by Crippen LogP contribution is -2.53. The third kappa shape index (κ3) is 5.20. The highest BCUT2D eigenvalue weighted by molar-refractivity contribution is 7.85. The molecule has 0 aromatic heterocycles. The van der Waals surface area contributed by atoms with Crippen molar-refractivity contribution in [1.29, 1.82) is 0 Å². The Hall–Kier alpha value is -0.460.